The van der Waals surface area contributed by atoms with E-state index in [1.54, 1.807) is 0 Å². The third-order valence-corrected chi connectivity index (χ3v) is 3.19. The van der Waals surface area contributed by atoms with Gasteiger partial charge in [0, 0.05) is 17.5 Å². The van der Waals surface area contributed by atoms with Crippen molar-refractivity contribution in [3.05, 3.63) is 29.8 Å². The summed E-state index contributed by atoms with van der Waals surface area (Å²) in [6, 6.07) is 9.42. The molecule has 0 radical (unpaired) electrons. The number of rotatable bonds is 4. The predicted molar refractivity (Wildman–Crippen MR) is 58.1 cm³/mol. The molecule has 0 spiro atoms. The summed E-state index contributed by atoms with van der Waals surface area (Å²) in [5.41, 5.74) is 1.43. The average Bonchev–Trinajstić information content (AvgIpc) is 2.99. The summed E-state index contributed by atoms with van der Waals surface area (Å²) in [6.07, 6.45) is 4.86. The highest BCUT2D eigenvalue weighted by molar-refractivity contribution is 7.98. The van der Waals surface area contributed by atoms with E-state index in [9.17, 15) is 0 Å². The molecule has 2 heteroatoms. The Labute approximate surface area is 83.9 Å². The van der Waals surface area contributed by atoms with E-state index < -0.39 is 0 Å². The standard InChI is InChI=1S/C11H15NS/c1-13-11-5-3-2-4-9(11)8-12-10-6-7-10/h2-5,10,12H,6-8H2,1H3. The predicted octanol–water partition coefficient (Wildman–Crippen LogP) is 2.66. The molecule has 0 saturated heterocycles. The summed E-state index contributed by atoms with van der Waals surface area (Å²) in [6.45, 7) is 1.03. The van der Waals surface area contributed by atoms with Crippen molar-refractivity contribution >= 4 is 11.8 Å². The largest absolute Gasteiger partial charge is 0.310 e. The third-order valence-electron chi connectivity index (χ3n) is 2.35. The summed E-state index contributed by atoms with van der Waals surface area (Å²) >= 11 is 1.83. The van der Waals surface area contributed by atoms with Crippen LogP contribution in [0.3, 0.4) is 0 Å². The van der Waals surface area contributed by atoms with E-state index in [0.717, 1.165) is 12.6 Å². The molecule has 1 saturated carbocycles. The molecule has 0 bridgehead atoms. The maximum absolute atomic E-state index is 3.53. The van der Waals surface area contributed by atoms with Crippen LogP contribution in [-0.2, 0) is 6.54 Å². The lowest BCUT2D eigenvalue weighted by molar-refractivity contribution is 0.680. The zero-order valence-electron chi connectivity index (χ0n) is 7.92. The van der Waals surface area contributed by atoms with E-state index in [4.69, 9.17) is 0 Å². The van der Waals surface area contributed by atoms with Gasteiger partial charge in [-0.1, -0.05) is 18.2 Å². The minimum absolute atomic E-state index is 0.801. The first kappa shape index (κ1) is 9.10. The number of hydrogen-bond acceptors (Lipinski definition) is 2. The zero-order chi connectivity index (χ0) is 9.10. The molecule has 1 aliphatic rings. The molecular weight excluding hydrogens is 178 g/mol. The monoisotopic (exact) mass is 193 g/mol. The van der Waals surface area contributed by atoms with Gasteiger partial charge in [-0.3, -0.25) is 0 Å². The van der Waals surface area contributed by atoms with Gasteiger partial charge in [0.15, 0.2) is 0 Å². The number of nitrogens with one attached hydrogen (secondary N) is 1. The second-order valence-corrected chi connectivity index (χ2v) is 4.32. The first-order valence-corrected chi connectivity index (χ1v) is 5.98. The van der Waals surface area contributed by atoms with Crippen LogP contribution in [0.15, 0.2) is 29.2 Å². The van der Waals surface area contributed by atoms with E-state index in [0.29, 0.717) is 0 Å². The Morgan fingerprint density at radius 3 is 2.85 bits per heavy atom. The van der Waals surface area contributed by atoms with Crippen molar-refractivity contribution < 1.29 is 0 Å². The van der Waals surface area contributed by atoms with Crippen LogP contribution in [0.2, 0.25) is 0 Å². The fourth-order valence-corrected chi connectivity index (χ4v) is 2.01. The van der Waals surface area contributed by atoms with Crippen LogP contribution < -0.4 is 5.32 Å². The lowest BCUT2D eigenvalue weighted by Crippen LogP contribution is -2.15. The first-order chi connectivity index (χ1) is 6.40. The molecule has 13 heavy (non-hydrogen) atoms. The van der Waals surface area contributed by atoms with Gasteiger partial charge in [0.05, 0.1) is 0 Å². The maximum atomic E-state index is 3.53. The molecule has 0 amide bonds. The quantitative estimate of drug-likeness (QED) is 0.738. The van der Waals surface area contributed by atoms with Gasteiger partial charge in [0.1, 0.15) is 0 Å². The van der Waals surface area contributed by atoms with Crippen LogP contribution in [0.5, 0.6) is 0 Å². The van der Waals surface area contributed by atoms with E-state index in [-0.39, 0.29) is 0 Å². The molecule has 0 atom stereocenters. The highest BCUT2D eigenvalue weighted by Gasteiger charge is 2.20. The van der Waals surface area contributed by atoms with Crippen molar-refractivity contribution in [2.75, 3.05) is 6.26 Å². The molecule has 0 unspecified atom stereocenters. The Balaban J connectivity index is 1.99. The van der Waals surface area contributed by atoms with Crippen molar-refractivity contribution in [3.8, 4) is 0 Å². The Hall–Kier alpha value is -0.470. The molecule has 1 N–H and O–H groups in total. The second-order valence-electron chi connectivity index (χ2n) is 3.47. The first-order valence-electron chi connectivity index (χ1n) is 4.75. The maximum Gasteiger partial charge on any atom is 0.0219 e. The zero-order valence-corrected chi connectivity index (χ0v) is 8.73. The smallest absolute Gasteiger partial charge is 0.0219 e. The SMILES string of the molecule is CSc1ccccc1CNC1CC1. The Morgan fingerprint density at radius 2 is 2.15 bits per heavy atom. The van der Waals surface area contributed by atoms with Gasteiger partial charge in [0.25, 0.3) is 0 Å². The molecule has 70 valence electrons. The normalized spacial score (nSPS) is 16.1. The molecule has 0 heterocycles. The van der Waals surface area contributed by atoms with Crippen LogP contribution in [0.1, 0.15) is 18.4 Å². The van der Waals surface area contributed by atoms with Crippen molar-refractivity contribution in [2.45, 2.75) is 30.3 Å². The second kappa shape index (κ2) is 4.16. The summed E-state index contributed by atoms with van der Waals surface area (Å²) in [5.74, 6) is 0. The lowest BCUT2D eigenvalue weighted by Gasteiger charge is -2.07. The summed E-state index contributed by atoms with van der Waals surface area (Å²) < 4.78 is 0. The fraction of sp³-hybridized carbons (Fsp3) is 0.455. The van der Waals surface area contributed by atoms with E-state index in [1.807, 2.05) is 11.8 Å². The third kappa shape index (κ3) is 2.48. The molecule has 0 aliphatic heterocycles. The van der Waals surface area contributed by atoms with Crippen molar-refractivity contribution in [3.63, 3.8) is 0 Å². The molecule has 0 aromatic heterocycles. The summed E-state index contributed by atoms with van der Waals surface area (Å²) in [5, 5.41) is 3.53. The van der Waals surface area contributed by atoms with Gasteiger partial charge in [-0.05, 0) is 30.7 Å². The van der Waals surface area contributed by atoms with Gasteiger partial charge in [-0.2, -0.15) is 0 Å². The molecule has 1 aromatic rings. The molecule has 1 fully saturated rings. The summed E-state index contributed by atoms with van der Waals surface area (Å²) in [4.78, 5) is 1.40. The fourth-order valence-electron chi connectivity index (χ4n) is 1.39. The van der Waals surface area contributed by atoms with E-state index in [2.05, 4.69) is 35.8 Å². The molecule has 1 aliphatic carbocycles. The molecule has 1 aromatic carbocycles. The minimum Gasteiger partial charge on any atom is -0.310 e. The van der Waals surface area contributed by atoms with Crippen LogP contribution in [-0.4, -0.2) is 12.3 Å². The average molecular weight is 193 g/mol. The number of thioether (sulfide) groups is 1. The molecular formula is C11H15NS. The highest BCUT2D eigenvalue weighted by Crippen LogP contribution is 2.22. The van der Waals surface area contributed by atoms with Crippen LogP contribution in [0, 0.1) is 0 Å². The van der Waals surface area contributed by atoms with Crippen molar-refractivity contribution in [1.29, 1.82) is 0 Å². The Morgan fingerprint density at radius 1 is 1.38 bits per heavy atom. The number of benzene rings is 1. The van der Waals surface area contributed by atoms with Crippen LogP contribution in [0.25, 0.3) is 0 Å². The van der Waals surface area contributed by atoms with Gasteiger partial charge < -0.3 is 5.32 Å². The van der Waals surface area contributed by atoms with Crippen LogP contribution in [0.4, 0.5) is 0 Å². The van der Waals surface area contributed by atoms with Crippen molar-refractivity contribution in [2.24, 2.45) is 0 Å². The van der Waals surface area contributed by atoms with Gasteiger partial charge in [0.2, 0.25) is 0 Å². The lowest BCUT2D eigenvalue weighted by atomic mass is 10.2. The van der Waals surface area contributed by atoms with Crippen molar-refractivity contribution in [1.82, 2.24) is 5.32 Å². The Kier molecular flexibility index (Phi) is 2.91. The minimum atomic E-state index is 0.801. The molecule has 1 nitrogen and oxygen atoms in total. The van der Waals surface area contributed by atoms with E-state index >= 15 is 0 Å². The van der Waals surface area contributed by atoms with Gasteiger partial charge in [-0.15, -0.1) is 11.8 Å². The molecule has 2 rings (SSSR count). The topological polar surface area (TPSA) is 12.0 Å². The van der Waals surface area contributed by atoms with E-state index in [1.165, 1.54) is 23.3 Å². The van der Waals surface area contributed by atoms with Gasteiger partial charge >= 0.3 is 0 Å². The Bertz CT molecular complexity index is 281. The van der Waals surface area contributed by atoms with Crippen LogP contribution >= 0.6 is 11.8 Å². The van der Waals surface area contributed by atoms with Gasteiger partial charge in [-0.25, -0.2) is 0 Å². The number of hydrogen-bond donors (Lipinski definition) is 1. The highest BCUT2D eigenvalue weighted by atomic mass is 32.2. The summed E-state index contributed by atoms with van der Waals surface area (Å²) in [7, 11) is 0.